The average molecular weight is 395 g/mol. The van der Waals surface area contributed by atoms with Gasteiger partial charge < -0.3 is 14.6 Å². The number of fused-ring (bicyclic) bond motifs is 1. The van der Waals surface area contributed by atoms with E-state index in [-0.39, 0.29) is 36.5 Å². The van der Waals surface area contributed by atoms with Gasteiger partial charge in [0.25, 0.3) is 0 Å². The van der Waals surface area contributed by atoms with Crippen LogP contribution in [-0.4, -0.2) is 35.4 Å². The smallest absolute Gasteiger partial charge is 0.308 e. The molecule has 3 aliphatic rings. The maximum Gasteiger partial charge on any atom is 0.308 e. The van der Waals surface area contributed by atoms with Crippen LogP contribution in [0.3, 0.4) is 0 Å². The predicted molar refractivity (Wildman–Crippen MR) is 106 cm³/mol. The van der Waals surface area contributed by atoms with Crippen molar-refractivity contribution in [3.8, 4) is 0 Å². The van der Waals surface area contributed by atoms with Crippen LogP contribution >= 0.6 is 0 Å². The Kier molecular flexibility index (Phi) is 7.41. The first kappa shape index (κ1) is 21.6. The lowest BCUT2D eigenvalue weighted by Gasteiger charge is -2.48. The van der Waals surface area contributed by atoms with Crippen molar-refractivity contribution in [2.24, 2.45) is 29.6 Å². The van der Waals surface area contributed by atoms with E-state index in [1.54, 1.807) is 0 Å². The molecule has 0 aromatic rings. The number of aliphatic hydroxyl groups is 1. The van der Waals surface area contributed by atoms with Crippen molar-refractivity contribution in [1.82, 2.24) is 0 Å². The SMILES string of the molecule is CCC(C)C(=O)OC1CCCC2CCC(C)C(CCC3CC(O)CC(=O)O3)C21. The van der Waals surface area contributed by atoms with Crippen molar-refractivity contribution in [3.05, 3.63) is 0 Å². The second-order valence-corrected chi connectivity index (χ2v) is 9.55. The third-order valence-electron chi connectivity index (χ3n) is 7.59. The highest BCUT2D eigenvalue weighted by Crippen LogP contribution is 2.49. The van der Waals surface area contributed by atoms with Crippen LogP contribution < -0.4 is 0 Å². The summed E-state index contributed by atoms with van der Waals surface area (Å²) in [5.74, 6) is 1.78. The number of carbonyl (C=O) groups is 2. The van der Waals surface area contributed by atoms with Crippen LogP contribution in [0.2, 0.25) is 0 Å². The summed E-state index contributed by atoms with van der Waals surface area (Å²) in [7, 11) is 0. The van der Waals surface area contributed by atoms with Gasteiger partial charge in [-0.3, -0.25) is 9.59 Å². The molecule has 1 saturated heterocycles. The molecule has 160 valence electrons. The van der Waals surface area contributed by atoms with Crippen molar-refractivity contribution in [1.29, 1.82) is 0 Å². The number of rotatable bonds is 6. The zero-order valence-corrected chi connectivity index (χ0v) is 17.8. The molecule has 2 aliphatic carbocycles. The van der Waals surface area contributed by atoms with Gasteiger partial charge in [0.2, 0.25) is 0 Å². The van der Waals surface area contributed by atoms with Gasteiger partial charge in [0.1, 0.15) is 12.2 Å². The maximum atomic E-state index is 12.5. The summed E-state index contributed by atoms with van der Waals surface area (Å²) in [6.07, 6.45) is 8.37. The number of cyclic esters (lactones) is 1. The highest BCUT2D eigenvalue weighted by molar-refractivity contribution is 5.72. The minimum Gasteiger partial charge on any atom is -0.462 e. The van der Waals surface area contributed by atoms with E-state index in [4.69, 9.17) is 9.47 Å². The average Bonchev–Trinajstić information content (AvgIpc) is 2.66. The van der Waals surface area contributed by atoms with Crippen LogP contribution in [0.15, 0.2) is 0 Å². The second-order valence-electron chi connectivity index (χ2n) is 9.55. The topological polar surface area (TPSA) is 72.8 Å². The van der Waals surface area contributed by atoms with Crippen molar-refractivity contribution in [2.75, 3.05) is 0 Å². The molecule has 28 heavy (non-hydrogen) atoms. The van der Waals surface area contributed by atoms with Gasteiger partial charge in [-0.15, -0.1) is 0 Å². The van der Waals surface area contributed by atoms with E-state index in [0.29, 0.717) is 30.1 Å². The fourth-order valence-electron chi connectivity index (χ4n) is 5.77. The molecule has 0 radical (unpaired) electrons. The first-order valence-corrected chi connectivity index (χ1v) is 11.5. The maximum absolute atomic E-state index is 12.5. The number of hydrogen-bond acceptors (Lipinski definition) is 5. The Labute approximate surface area is 169 Å². The lowest BCUT2D eigenvalue weighted by molar-refractivity contribution is -0.167. The number of hydrogen-bond donors (Lipinski definition) is 1. The molecule has 3 rings (SSSR count). The third-order valence-corrected chi connectivity index (χ3v) is 7.59. The molecule has 0 aromatic carbocycles. The summed E-state index contributed by atoms with van der Waals surface area (Å²) in [5.41, 5.74) is 0. The van der Waals surface area contributed by atoms with Crippen molar-refractivity contribution >= 4 is 11.9 Å². The van der Waals surface area contributed by atoms with E-state index in [9.17, 15) is 14.7 Å². The lowest BCUT2D eigenvalue weighted by Crippen LogP contribution is -2.46. The van der Waals surface area contributed by atoms with Crippen molar-refractivity contribution in [3.63, 3.8) is 0 Å². The summed E-state index contributed by atoms with van der Waals surface area (Å²) in [4.78, 5) is 24.1. The standard InChI is InChI=1S/C23H38O5/c1-4-14(2)23(26)28-20-7-5-6-16-9-8-15(3)19(22(16)20)11-10-18-12-17(24)13-21(25)27-18/h14-20,22,24H,4-13H2,1-3H3. The fraction of sp³-hybridized carbons (Fsp3) is 0.913. The number of esters is 2. The monoisotopic (exact) mass is 394 g/mol. The number of carbonyl (C=O) groups excluding carboxylic acids is 2. The first-order valence-electron chi connectivity index (χ1n) is 11.5. The van der Waals surface area contributed by atoms with E-state index in [1.165, 1.54) is 19.3 Å². The van der Waals surface area contributed by atoms with Crippen LogP contribution in [0, 0.1) is 29.6 Å². The molecule has 2 saturated carbocycles. The molecule has 5 nitrogen and oxygen atoms in total. The Morgan fingerprint density at radius 3 is 2.75 bits per heavy atom. The van der Waals surface area contributed by atoms with Crippen molar-refractivity contribution in [2.45, 2.75) is 103 Å². The molecule has 0 amide bonds. The van der Waals surface area contributed by atoms with Crippen LogP contribution in [-0.2, 0) is 19.1 Å². The highest BCUT2D eigenvalue weighted by Gasteiger charge is 2.45. The van der Waals surface area contributed by atoms with E-state index < -0.39 is 6.10 Å². The van der Waals surface area contributed by atoms with Crippen LogP contribution in [0.4, 0.5) is 0 Å². The molecule has 0 spiro atoms. The van der Waals surface area contributed by atoms with Gasteiger partial charge in [-0.05, 0) is 62.7 Å². The van der Waals surface area contributed by atoms with Gasteiger partial charge in [-0.25, -0.2) is 0 Å². The lowest BCUT2D eigenvalue weighted by atomic mass is 9.59. The third kappa shape index (κ3) is 5.08. The Hall–Kier alpha value is -1.10. The minimum atomic E-state index is -0.568. The summed E-state index contributed by atoms with van der Waals surface area (Å²) >= 11 is 0. The van der Waals surface area contributed by atoms with E-state index in [1.807, 2.05) is 13.8 Å². The summed E-state index contributed by atoms with van der Waals surface area (Å²) < 4.78 is 11.5. The van der Waals surface area contributed by atoms with Gasteiger partial charge in [0.05, 0.1) is 18.4 Å². The fourth-order valence-corrected chi connectivity index (χ4v) is 5.77. The van der Waals surface area contributed by atoms with Gasteiger partial charge in [0, 0.05) is 12.3 Å². The Balaban J connectivity index is 1.66. The quantitative estimate of drug-likeness (QED) is 0.682. The second kappa shape index (κ2) is 9.60. The van der Waals surface area contributed by atoms with E-state index >= 15 is 0 Å². The Morgan fingerprint density at radius 1 is 1.25 bits per heavy atom. The normalized spacial score (nSPS) is 39.6. The van der Waals surface area contributed by atoms with Gasteiger partial charge in [-0.1, -0.05) is 27.2 Å². The molecular weight excluding hydrogens is 356 g/mol. The van der Waals surface area contributed by atoms with E-state index in [0.717, 1.165) is 32.1 Å². The molecule has 8 unspecified atom stereocenters. The minimum absolute atomic E-state index is 0.0347. The molecule has 0 bridgehead atoms. The molecule has 0 aromatic heterocycles. The zero-order valence-electron chi connectivity index (χ0n) is 17.8. The molecule has 3 fully saturated rings. The largest absolute Gasteiger partial charge is 0.462 e. The van der Waals surface area contributed by atoms with Crippen LogP contribution in [0.1, 0.15) is 85.0 Å². The molecule has 1 aliphatic heterocycles. The Morgan fingerprint density at radius 2 is 2.04 bits per heavy atom. The van der Waals surface area contributed by atoms with Crippen LogP contribution in [0.5, 0.6) is 0 Å². The van der Waals surface area contributed by atoms with Gasteiger partial charge in [0.15, 0.2) is 0 Å². The first-order chi connectivity index (χ1) is 13.4. The van der Waals surface area contributed by atoms with Gasteiger partial charge in [-0.2, -0.15) is 0 Å². The van der Waals surface area contributed by atoms with Crippen molar-refractivity contribution < 1.29 is 24.2 Å². The molecule has 1 heterocycles. The molecule has 1 N–H and O–H groups in total. The van der Waals surface area contributed by atoms with E-state index in [2.05, 4.69) is 6.92 Å². The highest BCUT2D eigenvalue weighted by atomic mass is 16.5. The van der Waals surface area contributed by atoms with Crippen LogP contribution in [0.25, 0.3) is 0 Å². The number of ether oxygens (including phenoxy) is 2. The summed E-state index contributed by atoms with van der Waals surface area (Å²) in [5, 5.41) is 9.88. The predicted octanol–water partition coefficient (Wildman–Crippen LogP) is 4.25. The molecular formula is C23H38O5. The zero-order chi connectivity index (χ0) is 20.3. The summed E-state index contributed by atoms with van der Waals surface area (Å²) in [6.45, 7) is 6.30. The Bertz CT molecular complexity index is 547. The summed E-state index contributed by atoms with van der Waals surface area (Å²) in [6, 6.07) is 0. The van der Waals surface area contributed by atoms with Gasteiger partial charge >= 0.3 is 11.9 Å². The molecule has 8 atom stereocenters. The molecule has 5 heteroatoms. The number of aliphatic hydroxyl groups excluding tert-OH is 1.